The summed E-state index contributed by atoms with van der Waals surface area (Å²) in [5.41, 5.74) is 0. The van der Waals surface area contributed by atoms with Crippen LogP contribution in [-0.2, 0) is 0 Å². The smallest absolute Gasteiger partial charge is 0.00489 e. The van der Waals surface area contributed by atoms with Gasteiger partial charge in [-0.05, 0) is 31.8 Å². The molecule has 0 spiro atoms. The summed E-state index contributed by atoms with van der Waals surface area (Å²) in [5.74, 6) is 1.12. The summed E-state index contributed by atoms with van der Waals surface area (Å²) in [4.78, 5) is 0. The molecule has 1 aliphatic rings. The highest BCUT2D eigenvalue weighted by molar-refractivity contribution is 4.69. The van der Waals surface area contributed by atoms with Crippen molar-refractivity contribution in [1.82, 2.24) is 5.32 Å². The zero-order valence-electron chi connectivity index (χ0n) is 10.6. The first kappa shape index (κ1) is 13.0. The molecule has 0 bridgehead atoms. The Labute approximate surface area is 96.0 Å². The Balaban J connectivity index is 1.66. The molecule has 1 N–H and O–H groups in total. The third-order valence-electron chi connectivity index (χ3n) is 3.62. The van der Waals surface area contributed by atoms with Gasteiger partial charge in [0.05, 0.1) is 0 Å². The molecule has 15 heavy (non-hydrogen) atoms. The molecule has 0 aliphatic heterocycles. The van der Waals surface area contributed by atoms with E-state index in [2.05, 4.69) is 12.2 Å². The first-order valence-electron chi connectivity index (χ1n) is 7.14. The lowest BCUT2D eigenvalue weighted by atomic mass is 9.82. The van der Waals surface area contributed by atoms with Gasteiger partial charge in [-0.1, -0.05) is 58.3 Å². The molecule has 90 valence electrons. The lowest BCUT2D eigenvalue weighted by Crippen LogP contribution is -2.15. The maximum absolute atomic E-state index is 3.46. The van der Waals surface area contributed by atoms with Gasteiger partial charge >= 0.3 is 0 Å². The average molecular weight is 211 g/mol. The van der Waals surface area contributed by atoms with E-state index in [1.54, 1.807) is 0 Å². The van der Waals surface area contributed by atoms with Gasteiger partial charge in [-0.15, -0.1) is 0 Å². The van der Waals surface area contributed by atoms with Gasteiger partial charge in [-0.3, -0.25) is 0 Å². The van der Waals surface area contributed by atoms with Crippen molar-refractivity contribution in [2.75, 3.05) is 13.1 Å². The van der Waals surface area contributed by atoms with Gasteiger partial charge < -0.3 is 5.32 Å². The van der Waals surface area contributed by atoms with Crippen LogP contribution in [0.25, 0.3) is 0 Å². The van der Waals surface area contributed by atoms with Crippen molar-refractivity contribution in [3.63, 3.8) is 0 Å². The van der Waals surface area contributed by atoms with Crippen molar-refractivity contribution in [2.45, 2.75) is 71.1 Å². The van der Waals surface area contributed by atoms with Crippen molar-refractivity contribution in [2.24, 2.45) is 5.92 Å². The molecule has 0 unspecified atom stereocenters. The number of nitrogens with one attached hydrogen (secondary N) is 1. The van der Waals surface area contributed by atoms with Gasteiger partial charge in [0.2, 0.25) is 0 Å². The van der Waals surface area contributed by atoms with Crippen molar-refractivity contribution in [3.8, 4) is 0 Å². The molecule has 0 heterocycles. The Kier molecular flexibility index (Phi) is 7.99. The summed E-state index contributed by atoms with van der Waals surface area (Å²) >= 11 is 0. The van der Waals surface area contributed by atoms with Crippen molar-refractivity contribution >= 4 is 0 Å². The largest absolute Gasteiger partial charge is 0.317 e. The molecule has 1 fully saturated rings. The lowest BCUT2D eigenvalue weighted by molar-refractivity contribution is 0.286. The van der Waals surface area contributed by atoms with E-state index in [0.29, 0.717) is 0 Å². The fourth-order valence-electron chi connectivity index (χ4n) is 2.30. The molecule has 1 saturated carbocycles. The van der Waals surface area contributed by atoms with Crippen LogP contribution < -0.4 is 5.32 Å². The van der Waals surface area contributed by atoms with Gasteiger partial charge in [-0.2, -0.15) is 0 Å². The zero-order valence-corrected chi connectivity index (χ0v) is 10.6. The van der Waals surface area contributed by atoms with Crippen molar-refractivity contribution < 1.29 is 0 Å². The fraction of sp³-hybridized carbons (Fsp3) is 1.00. The molecule has 1 rings (SSSR count). The summed E-state index contributed by atoms with van der Waals surface area (Å²) in [6.07, 6.45) is 14.6. The molecule has 1 nitrogen and oxygen atoms in total. The van der Waals surface area contributed by atoms with Gasteiger partial charge in [-0.25, -0.2) is 0 Å². The van der Waals surface area contributed by atoms with Crippen LogP contribution in [0.4, 0.5) is 0 Å². The predicted molar refractivity (Wildman–Crippen MR) is 68.2 cm³/mol. The summed E-state index contributed by atoms with van der Waals surface area (Å²) in [6.45, 7) is 4.66. The highest BCUT2D eigenvalue weighted by atomic mass is 14.8. The molecule has 0 aromatic rings. The van der Waals surface area contributed by atoms with Crippen LogP contribution in [-0.4, -0.2) is 13.1 Å². The molecular formula is C14H29N. The molecule has 1 aliphatic carbocycles. The molecular weight excluding hydrogens is 182 g/mol. The van der Waals surface area contributed by atoms with Crippen LogP contribution in [0.2, 0.25) is 0 Å². The molecule has 0 amide bonds. The standard InChI is InChI=1S/C14H29N/c1-2-12-15-13-7-5-3-4-6-9-14-10-8-11-14/h14-15H,2-13H2,1H3. The second-order valence-corrected chi connectivity index (χ2v) is 5.10. The number of hydrogen-bond donors (Lipinski definition) is 1. The minimum Gasteiger partial charge on any atom is -0.317 e. The Bertz CT molecular complexity index is 129. The number of rotatable bonds is 10. The normalized spacial score (nSPS) is 16.6. The Morgan fingerprint density at radius 1 is 0.933 bits per heavy atom. The van der Waals surface area contributed by atoms with Gasteiger partial charge in [0.25, 0.3) is 0 Å². The Morgan fingerprint density at radius 3 is 2.33 bits per heavy atom. The van der Waals surface area contributed by atoms with E-state index in [0.717, 1.165) is 5.92 Å². The monoisotopic (exact) mass is 211 g/mol. The van der Waals surface area contributed by atoms with E-state index in [1.807, 2.05) is 0 Å². The fourth-order valence-corrected chi connectivity index (χ4v) is 2.30. The number of unbranched alkanes of at least 4 members (excludes halogenated alkanes) is 4. The molecule has 0 aromatic carbocycles. The van der Waals surface area contributed by atoms with Crippen LogP contribution in [0.15, 0.2) is 0 Å². The molecule has 0 saturated heterocycles. The minimum absolute atomic E-state index is 1.12. The second-order valence-electron chi connectivity index (χ2n) is 5.10. The Morgan fingerprint density at radius 2 is 1.67 bits per heavy atom. The van der Waals surface area contributed by atoms with E-state index in [-0.39, 0.29) is 0 Å². The van der Waals surface area contributed by atoms with Crippen LogP contribution in [0.3, 0.4) is 0 Å². The minimum atomic E-state index is 1.12. The molecule has 1 heteroatoms. The number of hydrogen-bond acceptors (Lipinski definition) is 1. The second kappa shape index (κ2) is 9.21. The molecule has 0 atom stereocenters. The first-order valence-corrected chi connectivity index (χ1v) is 7.14. The topological polar surface area (TPSA) is 12.0 Å². The van der Waals surface area contributed by atoms with Gasteiger partial charge in [0, 0.05) is 0 Å². The summed E-state index contributed by atoms with van der Waals surface area (Å²) in [6, 6.07) is 0. The van der Waals surface area contributed by atoms with Gasteiger partial charge in [0.15, 0.2) is 0 Å². The van der Waals surface area contributed by atoms with E-state index in [4.69, 9.17) is 0 Å². The van der Waals surface area contributed by atoms with Crippen molar-refractivity contribution in [1.29, 1.82) is 0 Å². The quantitative estimate of drug-likeness (QED) is 0.536. The average Bonchev–Trinajstić information content (AvgIpc) is 2.18. The van der Waals surface area contributed by atoms with E-state index < -0.39 is 0 Å². The molecule has 0 radical (unpaired) electrons. The molecule has 0 aromatic heterocycles. The van der Waals surface area contributed by atoms with Crippen LogP contribution >= 0.6 is 0 Å². The van der Waals surface area contributed by atoms with E-state index in [9.17, 15) is 0 Å². The maximum Gasteiger partial charge on any atom is -0.00489 e. The summed E-state index contributed by atoms with van der Waals surface area (Å²) in [5, 5.41) is 3.46. The summed E-state index contributed by atoms with van der Waals surface area (Å²) < 4.78 is 0. The van der Waals surface area contributed by atoms with Crippen LogP contribution in [0, 0.1) is 5.92 Å². The summed E-state index contributed by atoms with van der Waals surface area (Å²) in [7, 11) is 0. The maximum atomic E-state index is 3.46. The van der Waals surface area contributed by atoms with E-state index >= 15 is 0 Å². The van der Waals surface area contributed by atoms with E-state index in [1.165, 1.54) is 77.3 Å². The van der Waals surface area contributed by atoms with Crippen LogP contribution in [0.1, 0.15) is 71.1 Å². The predicted octanol–water partition coefficient (Wildman–Crippen LogP) is 4.13. The third-order valence-corrected chi connectivity index (χ3v) is 3.62. The van der Waals surface area contributed by atoms with Gasteiger partial charge in [0.1, 0.15) is 0 Å². The third kappa shape index (κ3) is 6.94. The zero-order chi connectivity index (χ0) is 10.8. The highest BCUT2D eigenvalue weighted by Gasteiger charge is 2.15. The highest BCUT2D eigenvalue weighted by Crippen LogP contribution is 2.31. The first-order chi connectivity index (χ1) is 7.43. The lowest BCUT2D eigenvalue weighted by Gasteiger charge is -2.24. The van der Waals surface area contributed by atoms with Crippen molar-refractivity contribution in [3.05, 3.63) is 0 Å². The van der Waals surface area contributed by atoms with Crippen LogP contribution in [0.5, 0.6) is 0 Å². The Hall–Kier alpha value is -0.0400. The SMILES string of the molecule is CCCNCCCCCCCC1CCC1.